The summed E-state index contributed by atoms with van der Waals surface area (Å²) < 4.78 is 4.62. The molecule has 6 heteroatoms. The summed E-state index contributed by atoms with van der Waals surface area (Å²) in [5.41, 5.74) is 0.0190. The summed E-state index contributed by atoms with van der Waals surface area (Å²) in [5, 5.41) is 7.88. The van der Waals surface area contributed by atoms with Crippen molar-refractivity contribution in [2.75, 3.05) is 10.7 Å². The minimum absolute atomic E-state index is 0.218. The predicted octanol–water partition coefficient (Wildman–Crippen LogP) is 2.34. The van der Waals surface area contributed by atoms with Crippen molar-refractivity contribution in [3.05, 3.63) is 18.0 Å². The third kappa shape index (κ3) is 3.04. The number of rotatable bonds is 5. The second kappa shape index (κ2) is 5.65. The van der Waals surface area contributed by atoms with Crippen LogP contribution in [0.1, 0.15) is 23.8 Å². The molecule has 1 aromatic rings. The molecule has 0 aliphatic carbocycles. The summed E-state index contributed by atoms with van der Waals surface area (Å²) in [6.45, 7) is 2.02. The van der Waals surface area contributed by atoms with Crippen molar-refractivity contribution in [3.8, 4) is 0 Å². The van der Waals surface area contributed by atoms with Crippen molar-refractivity contribution in [1.29, 1.82) is 0 Å². The Labute approximate surface area is 105 Å². The average molecular weight is 340 g/mol. The lowest BCUT2D eigenvalue weighted by molar-refractivity contribution is 0.0906. The van der Waals surface area contributed by atoms with Crippen LogP contribution in [0.5, 0.6) is 0 Å². The van der Waals surface area contributed by atoms with Crippen LogP contribution < -0.4 is 5.32 Å². The number of nitrogens with zero attached hydrogens (tertiary/aromatic N) is 1. The molecule has 0 spiro atoms. The van der Waals surface area contributed by atoms with Crippen LogP contribution in [0, 0.1) is 0 Å². The van der Waals surface area contributed by atoms with Crippen LogP contribution in [-0.2, 0) is 0 Å². The Morgan fingerprint density at radius 2 is 2.27 bits per heavy atom. The molecule has 0 fully saturated rings. The van der Waals surface area contributed by atoms with Crippen LogP contribution in [0.4, 0.5) is 0 Å². The molecule has 1 heterocycles. The topological polar surface area (TPSA) is 55.1 Å². The van der Waals surface area contributed by atoms with Gasteiger partial charge in [0.15, 0.2) is 5.69 Å². The quantitative estimate of drug-likeness (QED) is 0.838. The van der Waals surface area contributed by atoms with Gasteiger partial charge in [-0.05, 0) is 6.42 Å². The molecule has 0 aromatic carbocycles. The summed E-state index contributed by atoms with van der Waals surface area (Å²) in [6, 6.07) is 1.54. The van der Waals surface area contributed by atoms with Gasteiger partial charge in [-0.2, -0.15) is 0 Å². The zero-order chi connectivity index (χ0) is 11.3. The summed E-state index contributed by atoms with van der Waals surface area (Å²) in [6.07, 6.45) is 2.21. The highest BCUT2D eigenvalue weighted by Crippen LogP contribution is 2.17. The van der Waals surface area contributed by atoms with Crippen molar-refractivity contribution in [3.63, 3.8) is 0 Å². The molecule has 84 valence electrons. The molecule has 0 saturated heterocycles. The molecular formula is C9H12Br2N2O2. The van der Waals surface area contributed by atoms with E-state index in [0.29, 0.717) is 16.4 Å². The minimum Gasteiger partial charge on any atom is -0.364 e. The van der Waals surface area contributed by atoms with Crippen molar-refractivity contribution in [2.45, 2.75) is 18.9 Å². The van der Waals surface area contributed by atoms with Crippen LogP contribution in [0.25, 0.3) is 0 Å². The first-order chi connectivity index (χ1) is 7.17. The number of hydrogen-bond acceptors (Lipinski definition) is 3. The van der Waals surface area contributed by atoms with Gasteiger partial charge in [0.25, 0.3) is 5.91 Å². The largest absolute Gasteiger partial charge is 0.364 e. The predicted molar refractivity (Wildman–Crippen MR) is 64.6 cm³/mol. The molecule has 0 bridgehead atoms. The van der Waals surface area contributed by atoms with Gasteiger partial charge in [0, 0.05) is 16.7 Å². The van der Waals surface area contributed by atoms with Crippen LogP contribution in [0.3, 0.4) is 0 Å². The highest BCUT2D eigenvalue weighted by atomic mass is 79.9. The normalized spacial score (nSPS) is 11.4. The van der Waals surface area contributed by atoms with Gasteiger partial charge in [0.05, 0.1) is 5.54 Å². The molecule has 0 unspecified atom stereocenters. The maximum absolute atomic E-state index is 11.7. The molecule has 1 N–H and O–H groups in total. The molecule has 1 aromatic heterocycles. The van der Waals surface area contributed by atoms with E-state index in [4.69, 9.17) is 0 Å². The highest BCUT2D eigenvalue weighted by Gasteiger charge is 2.28. The average Bonchev–Trinajstić information content (AvgIpc) is 2.79. The molecule has 0 aliphatic heterocycles. The van der Waals surface area contributed by atoms with E-state index in [1.807, 2.05) is 6.92 Å². The maximum atomic E-state index is 11.7. The van der Waals surface area contributed by atoms with Gasteiger partial charge in [-0.25, -0.2) is 0 Å². The fourth-order valence-electron chi connectivity index (χ4n) is 1.01. The van der Waals surface area contributed by atoms with Crippen LogP contribution in [0.15, 0.2) is 16.9 Å². The fourth-order valence-corrected chi connectivity index (χ4v) is 3.02. The number of alkyl halides is 2. The minimum atomic E-state index is -0.282. The van der Waals surface area contributed by atoms with E-state index in [2.05, 4.69) is 46.9 Å². The molecule has 1 rings (SSSR count). The van der Waals surface area contributed by atoms with Gasteiger partial charge < -0.3 is 9.84 Å². The van der Waals surface area contributed by atoms with E-state index < -0.39 is 0 Å². The van der Waals surface area contributed by atoms with E-state index >= 15 is 0 Å². The SMILES string of the molecule is CCC(CBr)(CBr)NC(=O)c1ccon1. The zero-order valence-electron chi connectivity index (χ0n) is 8.30. The molecule has 15 heavy (non-hydrogen) atoms. The van der Waals surface area contributed by atoms with Gasteiger partial charge in [-0.1, -0.05) is 43.9 Å². The van der Waals surface area contributed by atoms with E-state index in [9.17, 15) is 4.79 Å². The molecule has 0 radical (unpaired) electrons. The monoisotopic (exact) mass is 338 g/mol. The van der Waals surface area contributed by atoms with Gasteiger partial charge in [0.1, 0.15) is 6.26 Å². The molecule has 1 amide bonds. The first kappa shape index (κ1) is 12.7. The molecule has 0 atom stereocenters. The number of carbonyl (C=O) groups is 1. The standard InChI is InChI=1S/C9H12Br2N2O2/c1-2-9(5-10,6-11)12-8(14)7-3-4-15-13-7/h3-4H,2,5-6H2,1H3,(H,12,14). The summed E-state index contributed by atoms with van der Waals surface area (Å²) in [4.78, 5) is 11.7. The lowest BCUT2D eigenvalue weighted by Gasteiger charge is -2.29. The first-order valence-electron chi connectivity index (χ1n) is 4.52. The van der Waals surface area contributed by atoms with Gasteiger partial charge in [-0.15, -0.1) is 0 Å². The van der Waals surface area contributed by atoms with Crippen LogP contribution in [-0.4, -0.2) is 27.3 Å². The number of nitrogens with one attached hydrogen (secondary N) is 1. The van der Waals surface area contributed by atoms with Crippen molar-refractivity contribution in [2.24, 2.45) is 0 Å². The summed E-state index contributed by atoms with van der Waals surface area (Å²) >= 11 is 6.79. The third-order valence-corrected chi connectivity index (χ3v) is 4.38. The van der Waals surface area contributed by atoms with Crippen molar-refractivity contribution >= 4 is 37.8 Å². The van der Waals surface area contributed by atoms with E-state index in [0.717, 1.165) is 6.42 Å². The Morgan fingerprint density at radius 3 is 2.67 bits per heavy atom. The lowest BCUT2D eigenvalue weighted by Crippen LogP contribution is -2.51. The third-order valence-electron chi connectivity index (χ3n) is 2.24. The Morgan fingerprint density at radius 1 is 1.60 bits per heavy atom. The Kier molecular flexibility index (Phi) is 4.79. The van der Waals surface area contributed by atoms with Crippen molar-refractivity contribution < 1.29 is 9.32 Å². The number of hydrogen-bond donors (Lipinski definition) is 1. The Bertz CT molecular complexity index is 302. The van der Waals surface area contributed by atoms with Crippen LogP contribution >= 0.6 is 31.9 Å². The summed E-state index contributed by atoms with van der Waals surface area (Å²) in [7, 11) is 0. The molecule has 0 saturated carbocycles. The number of carbonyl (C=O) groups excluding carboxylic acids is 1. The first-order valence-corrected chi connectivity index (χ1v) is 6.76. The van der Waals surface area contributed by atoms with Crippen LogP contribution in [0.2, 0.25) is 0 Å². The van der Waals surface area contributed by atoms with Gasteiger partial charge >= 0.3 is 0 Å². The van der Waals surface area contributed by atoms with Gasteiger partial charge in [-0.3, -0.25) is 4.79 Å². The second-order valence-corrected chi connectivity index (χ2v) is 4.36. The Balaban J connectivity index is 2.71. The fraction of sp³-hybridized carbons (Fsp3) is 0.556. The number of aromatic nitrogens is 1. The Hall–Kier alpha value is -0.360. The van der Waals surface area contributed by atoms with E-state index in [1.54, 1.807) is 0 Å². The molecule has 0 aliphatic rings. The number of amides is 1. The van der Waals surface area contributed by atoms with E-state index in [1.165, 1.54) is 12.3 Å². The zero-order valence-corrected chi connectivity index (χ0v) is 11.5. The smallest absolute Gasteiger partial charge is 0.273 e. The van der Waals surface area contributed by atoms with Gasteiger partial charge in [0.2, 0.25) is 0 Å². The second-order valence-electron chi connectivity index (χ2n) is 3.24. The summed E-state index contributed by atoms with van der Waals surface area (Å²) in [5.74, 6) is -0.218. The molecule has 4 nitrogen and oxygen atoms in total. The highest BCUT2D eigenvalue weighted by molar-refractivity contribution is 9.09. The van der Waals surface area contributed by atoms with E-state index in [-0.39, 0.29) is 11.4 Å². The lowest BCUT2D eigenvalue weighted by atomic mass is 10.0. The van der Waals surface area contributed by atoms with Crippen molar-refractivity contribution in [1.82, 2.24) is 10.5 Å². The molecular weight excluding hydrogens is 328 g/mol. The number of halogens is 2. The maximum Gasteiger partial charge on any atom is 0.273 e.